The lowest BCUT2D eigenvalue weighted by Gasteiger charge is -2.24. The van der Waals surface area contributed by atoms with Crippen LogP contribution in [0.4, 0.5) is 0 Å². The van der Waals surface area contributed by atoms with E-state index in [-0.39, 0.29) is 17.8 Å². The molecule has 0 radical (unpaired) electrons. The maximum Gasteiger partial charge on any atom is 0.234 e. The van der Waals surface area contributed by atoms with Gasteiger partial charge in [-0.3, -0.25) is 14.7 Å². The van der Waals surface area contributed by atoms with Gasteiger partial charge in [0.05, 0.1) is 5.69 Å². The molecule has 0 spiro atoms. The monoisotopic (exact) mass is 255 g/mol. The van der Waals surface area contributed by atoms with Crippen LogP contribution in [0.25, 0.3) is 0 Å². The molecule has 1 heterocycles. The van der Waals surface area contributed by atoms with E-state index in [2.05, 4.69) is 22.1 Å². The average molecular weight is 256 g/mol. The van der Waals surface area contributed by atoms with Crippen molar-refractivity contribution in [3.8, 4) is 0 Å². The van der Waals surface area contributed by atoms with Crippen molar-refractivity contribution in [3.63, 3.8) is 0 Å². The third kappa shape index (κ3) is 4.71. The van der Waals surface area contributed by atoms with Crippen molar-refractivity contribution >= 4 is 17.5 Å². The highest BCUT2D eigenvalue weighted by Crippen LogP contribution is 2.14. The molecule has 5 heteroatoms. The van der Waals surface area contributed by atoms with E-state index in [1.165, 1.54) is 0 Å². The number of pyridine rings is 1. The van der Waals surface area contributed by atoms with Crippen LogP contribution < -0.4 is 5.32 Å². The van der Waals surface area contributed by atoms with E-state index < -0.39 is 0 Å². The third-order valence-corrected chi connectivity index (χ3v) is 2.93. The summed E-state index contributed by atoms with van der Waals surface area (Å²) in [5.41, 5.74) is 1.03. The van der Waals surface area contributed by atoms with Crippen LogP contribution in [0.1, 0.15) is 18.7 Å². The van der Waals surface area contributed by atoms with E-state index >= 15 is 0 Å². The second kappa shape index (κ2) is 7.25. The molecule has 0 fully saturated rings. The van der Waals surface area contributed by atoms with Crippen LogP contribution in [0, 0.1) is 0 Å². The first kappa shape index (κ1) is 13.9. The molecule has 1 aromatic rings. The molecule has 1 amide bonds. The van der Waals surface area contributed by atoms with Gasteiger partial charge in [0, 0.05) is 25.3 Å². The molecule has 0 saturated heterocycles. The minimum atomic E-state index is -0.134. The molecule has 1 unspecified atom stereocenters. The lowest BCUT2D eigenvalue weighted by molar-refractivity contribution is -0.118. The molecule has 1 atom stereocenters. The Morgan fingerprint density at radius 2 is 2.35 bits per heavy atom. The fraction of sp³-hybridized carbons (Fsp3) is 0.500. The van der Waals surface area contributed by atoms with Crippen LogP contribution in [0.2, 0.25) is 0 Å². The minimum absolute atomic E-state index is 0.0134. The number of aromatic nitrogens is 1. The Labute approximate surface area is 107 Å². The van der Waals surface area contributed by atoms with Gasteiger partial charge in [0.25, 0.3) is 0 Å². The minimum Gasteiger partial charge on any atom is -0.354 e. The summed E-state index contributed by atoms with van der Waals surface area (Å²) in [5, 5.41) is 2.74. The van der Waals surface area contributed by atoms with Crippen LogP contribution in [0.3, 0.4) is 0 Å². The molecule has 17 heavy (non-hydrogen) atoms. The molecular formula is C12H18ClN3O. The number of amides is 1. The summed E-state index contributed by atoms with van der Waals surface area (Å²) in [6, 6.07) is 6.10. The molecule has 1 aromatic heterocycles. The largest absolute Gasteiger partial charge is 0.354 e. The Kier molecular flexibility index (Phi) is 5.94. The lowest BCUT2D eigenvalue weighted by Crippen LogP contribution is -2.34. The zero-order valence-electron chi connectivity index (χ0n) is 10.2. The zero-order chi connectivity index (χ0) is 12.7. The number of alkyl halides is 1. The number of nitrogens with one attached hydrogen (secondary N) is 1. The SMILES string of the molecule is CC(c1ccccn1)N(C)CCNC(=O)CCl. The van der Waals surface area contributed by atoms with Gasteiger partial charge in [-0.15, -0.1) is 11.6 Å². The van der Waals surface area contributed by atoms with Crippen LogP contribution in [0.15, 0.2) is 24.4 Å². The van der Waals surface area contributed by atoms with E-state index in [9.17, 15) is 4.79 Å². The van der Waals surface area contributed by atoms with Gasteiger partial charge in [-0.25, -0.2) is 0 Å². The van der Waals surface area contributed by atoms with Gasteiger partial charge in [0.15, 0.2) is 0 Å². The number of likely N-dealkylation sites (N-methyl/N-ethyl adjacent to an activating group) is 1. The van der Waals surface area contributed by atoms with Gasteiger partial charge in [-0.05, 0) is 26.1 Å². The molecule has 0 bridgehead atoms. The fourth-order valence-electron chi connectivity index (χ4n) is 1.46. The molecule has 0 aliphatic rings. The van der Waals surface area contributed by atoms with Gasteiger partial charge in [-0.1, -0.05) is 6.07 Å². The van der Waals surface area contributed by atoms with Crippen molar-refractivity contribution in [2.75, 3.05) is 26.0 Å². The number of rotatable bonds is 6. The van der Waals surface area contributed by atoms with E-state index in [1.54, 1.807) is 6.20 Å². The number of nitrogens with zero attached hydrogens (tertiary/aromatic N) is 2. The number of hydrogen-bond acceptors (Lipinski definition) is 3. The Morgan fingerprint density at radius 1 is 1.59 bits per heavy atom. The Hall–Kier alpha value is -1.13. The van der Waals surface area contributed by atoms with E-state index in [0.29, 0.717) is 6.54 Å². The average Bonchev–Trinajstić information content (AvgIpc) is 2.38. The topological polar surface area (TPSA) is 45.2 Å². The third-order valence-electron chi connectivity index (χ3n) is 2.69. The first-order chi connectivity index (χ1) is 8.15. The summed E-state index contributed by atoms with van der Waals surface area (Å²) in [6.45, 7) is 3.45. The fourth-order valence-corrected chi connectivity index (χ4v) is 1.56. The number of carbonyl (C=O) groups excluding carboxylic acids is 1. The zero-order valence-corrected chi connectivity index (χ0v) is 10.9. The second-order valence-corrected chi connectivity index (χ2v) is 4.16. The first-order valence-corrected chi connectivity index (χ1v) is 6.12. The highest BCUT2D eigenvalue weighted by molar-refractivity contribution is 6.27. The Bertz CT molecular complexity index is 345. The number of hydrogen-bond donors (Lipinski definition) is 1. The normalized spacial score (nSPS) is 12.5. The Morgan fingerprint density at radius 3 is 2.94 bits per heavy atom. The molecular weight excluding hydrogens is 238 g/mol. The smallest absolute Gasteiger partial charge is 0.234 e. The second-order valence-electron chi connectivity index (χ2n) is 3.89. The molecule has 0 aromatic carbocycles. The van der Waals surface area contributed by atoms with Crippen LogP contribution in [-0.2, 0) is 4.79 Å². The van der Waals surface area contributed by atoms with Gasteiger partial charge in [0.2, 0.25) is 5.91 Å². The summed E-state index contributed by atoms with van der Waals surface area (Å²) in [5.74, 6) is -0.120. The van der Waals surface area contributed by atoms with E-state index in [0.717, 1.165) is 12.2 Å². The first-order valence-electron chi connectivity index (χ1n) is 5.59. The van der Waals surface area contributed by atoms with Crippen LogP contribution in [0.5, 0.6) is 0 Å². The summed E-state index contributed by atoms with van der Waals surface area (Å²) < 4.78 is 0. The molecule has 0 aliphatic carbocycles. The Balaban J connectivity index is 2.37. The summed E-state index contributed by atoms with van der Waals surface area (Å²) in [4.78, 5) is 17.4. The molecule has 94 valence electrons. The number of halogens is 1. The quantitative estimate of drug-likeness (QED) is 0.783. The van der Waals surface area contributed by atoms with Crippen molar-refractivity contribution in [1.82, 2.24) is 15.2 Å². The molecule has 0 aliphatic heterocycles. The van der Waals surface area contributed by atoms with E-state index in [4.69, 9.17) is 11.6 Å². The lowest BCUT2D eigenvalue weighted by atomic mass is 10.2. The van der Waals surface area contributed by atoms with Crippen LogP contribution >= 0.6 is 11.6 Å². The van der Waals surface area contributed by atoms with Crippen molar-refractivity contribution in [3.05, 3.63) is 30.1 Å². The van der Waals surface area contributed by atoms with Gasteiger partial charge in [-0.2, -0.15) is 0 Å². The number of carbonyl (C=O) groups is 1. The van der Waals surface area contributed by atoms with Gasteiger partial charge >= 0.3 is 0 Å². The predicted molar refractivity (Wildman–Crippen MR) is 69.0 cm³/mol. The highest BCUT2D eigenvalue weighted by atomic mass is 35.5. The summed E-state index contributed by atoms with van der Waals surface area (Å²) in [6.07, 6.45) is 1.79. The van der Waals surface area contributed by atoms with Crippen molar-refractivity contribution < 1.29 is 4.79 Å². The molecule has 4 nitrogen and oxygen atoms in total. The maximum absolute atomic E-state index is 11.0. The molecule has 1 N–H and O–H groups in total. The highest BCUT2D eigenvalue weighted by Gasteiger charge is 2.12. The van der Waals surface area contributed by atoms with Crippen molar-refractivity contribution in [2.45, 2.75) is 13.0 Å². The summed E-state index contributed by atoms with van der Waals surface area (Å²) in [7, 11) is 2.01. The van der Waals surface area contributed by atoms with Crippen molar-refractivity contribution in [2.24, 2.45) is 0 Å². The maximum atomic E-state index is 11.0. The molecule has 1 rings (SSSR count). The standard InChI is InChI=1S/C12H18ClN3O/c1-10(11-5-3-4-6-14-11)16(2)8-7-15-12(17)9-13/h3-6,10H,7-9H2,1-2H3,(H,15,17). The van der Waals surface area contributed by atoms with E-state index in [1.807, 2.05) is 25.2 Å². The predicted octanol–water partition coefficient (Wildman–Crippen LogP) is 1.43. The van der Waals surface area contributed by atoms with Gasteiger partial charge in [0.1, 0.15) is 5.88 Å². The van der Waals surface area contributed by atoms with Crippen molar-refractivity contribution in [1.29, 1.82) is 0 Å². The van der Waals surface area contributed by atoms with Gasteiger partial charge < -0.3 is 5.32 Å². The molecule has 0 saturated carbocycles. The van der Waals surface area contributed by atoms with Crippen LogP contribution in [-0.4, -0.2) is 41.8 Å². The summed E-state index contributed by atoms with van der Waals surface area (Å²) >= 11 is 5.39.